The van der Waals surface area contributed by atoms with Gasteiger partial charge in [-0.25, -0.2) is 0 Å². The lowest BCUT2D eigenvalue weighted by Crippen LogP contribution is -2.60. The molecule has 7 unspecified atom stereocenters. The third-order valence-corrected chi connectivity index (χ3v) is 11.5. The van der Waals surface area contributed by atoms with E-state index in [1.165, 1.54) is 70.6 Å². The van der Waals surface area contributed by atoms with Crippen LogP contribution in [-0.4, -0.2) is 87.5 Å². The molecule has 6 N–H and O–H groups in total. The number of ether oxygens (including phenoxy) is 2. The van der Waals surface area contributed by atoms with Crippen molar-refractivity contribution in [1.82, 2.24) is 5.32 Å². The number of hydrogen-bond acceptors (Lipinski definition) is 8. The third kappa shape index (κ3) is 33.6. The summed E-state index contributed by atoms with van der Waals surface area (Å²) >= 11 is 0. The van der Waals surface area contributed by atoms with Crippen molar-refractivity contribution in [1.29, 1.82) is 0 Å². The minimum Gasteiger partial charge on any atom is -0.394 e. The molecule has 366 valence electrons. The molecule has 64 heavy (non-hydrogen) atoms. The topological polar surface area (TPSA) is 149 Å². The fourth-order valence-corrected chi connectivity index (χ4v) is 7.41. The van der Waals surface area contributed by atoms with E-state index in [1.807, 2.05) is 0 Å². The summed E-state index contributed by atoms with van der Waals surface area (Å²) < 4.78 is 11.3. The first-order valence-corrected chi connectivity index (χ1v) is 25.4. The van der Waals surface area contributed by atoms with Gasteiger partial charge in [-0.05, 0) is 77.0 Å². The van der Waals surface area contributed by atoms with Gasteiger partial charge in [0.2, 0.25) is 5.91 Å². The molecule has 0 bridgehead atoms. The fraction of sp³-hybridized carbons (Fsp3) is 0.691. The van der Waals surface area contributed by atoms with Gasteiger partial charge < -0.3 is 40.3 Å². The van der Waals surface area contributed by atoms with Crippen LogP contribution in [0.4, 0.5) is 0 Å². The molecular formula is C55H93NO8. The van der Waals surface area contributed by atoms with Gasteiger partial charge in [0.25, 0.3) is 0 Å². The Bertz CT molecular complexity index is 1320. The van der Waals surface area contributed by atoms with Crippen molar-refractivity contribution in [2.45, 2.75) is 230 Å². The molecular weight excluding hydrogens is 803 g/mol. The maximum Gasteiger partial charge on any atom is 0.220 e. The third-order valence-electron chi connectivity index (χ3n) is 11.5. The fourth-order valence-electron chi connectivity index (χ4n) is 7.41. The van der Waals surface area contributed by atoms with E-state index in [9.17, 15) is 30.3 Å². The molecule has 0 spiro atoms. The van der Waals surface area contributed by atoms with Crippen LogP contribution in [0.1, 0.15) is 187 Å². The predicted octanol–water partition coefficient (Wildman–Crippen LogP) is 11.7. The van der Waals surface area contributed by atoms with Gasteiger partial charge in [0, 0.05) is 6.42 Å². The van der Waals surface area contributed by atoms with Gasteiger partial charge in [0.1, 0.15) is 24.4 Å². The number of amides is 1. The number of rotatable bonds is 41. The Hall–Kier alpha value is -2.89. The highest BCUT2D eigenvalue weighted by molar-refractivity contribution is 5.76. The molecule has 1 saturated heterocycles. The van der Waals surface area contributed by atoms with Gasteiger partial charge >= 0.3 is 0 Å². The van der Waals surface area contributed by atoms with Crippen LogP contribution in [0.15, 0.2) is 97.2 Å². The maximum atomic E-state index is 13.0. The molecule has 9 heteroatoms. The van der Waals surface area contributed by atoms with Gasteiger partial charge in [-0.2, -0.15) is 0 Å². The summed E-state index contributed by atoms with van der Waals surface area (Å²) in [5.74, 6) is -0.191. The van der Waals surface area contributed by atoms with Crippen LogP contribution in [0.2, 0.25) is 0 Å². The molecule has 1 rings (SSSR count). The summed E-state index contributed by atoms with van der Waals surface area (Å²) in [6.07, 6.45) is 55.6. The average molecular weight is 896 g/mol. The summed E-state index contributed by atoms with van der Waals surface area (Å²) in [4.78, 5) is 13.0. The van der Waals surface area contributed by atoms with Crippen LogP contribution in [0.5, 0.6) is 0 Å². The van der Waals surface area contributed by atoms with Crippen LogP contribution in [0, 0.1) is 0 Å². The van der Waals surface area contributed by atoms with E-state index >= 15 is 0 Å². The zero-order valence-corrected chi connectivity index (χ0v) is 40.2. The second-order valence-corrected chi connectivity index (χ2v) is 17.2. The number of allylic oxidation sites excluding steroid dienone is 16. The Balaban J connectivity index is 2.32. The lowest BCUT2D eigenvalue weighted by Gasteiger charge is -2.40. The standard InChI is InChI=1S/C55H93NO8/c1-3-5-7-9-11-13-15-17-19-20-21-22-23-24-25-26-27-28-29-30-31-33-35-37-39-41-43-45-51(59)56-48(47-63-55-54(62)53(61)52(60)50(46-57)64-55)49(58)44-42-40-38-36-34-32-18-16-14-12-10-8-6-4-2/h5,7,11,13,17,19,21-22,24-25,27-28,30-31,35,37,48-50,52-55,57-58,60-62H,3-4,6,8-10,12,14-16,18,20,23,26,29,32-34,36,38-47H2,1-2H3,(H,56,59)/b7-5-,13-11-,19-17-,22-21-,25-24-,28-27-,31-30-,37-35-. The molecule has 0 radical (unpaired) electrons. The Morgan fingerprint density at radius 3 is 1.41 bits per heavy atom. The Kier molecular flexibility index (Phi) is 40.6. The van der Waals surface area contributed by atoms with Crippen LogP contribution in [0.25, 0.3) is 0 Å². The number of hydrogen-bond donors (Lipinski definition) is 6. The first-order chi connectivity index (χ1) is 31.3. The number of carbonyl (C=O) groups excluding carboxylic acids is 1. The van der Waals surface area contributed by atoms with E-state index in [1.54, 1.807) is 0 Å². The van der Waals surface area contributed by atoms with E-state index in [2.05, 4.69) is 116 Å². The molecule has 0 aliphatic carbocycles. The van der Waals surface area contributed by atoms with Gasteiger partial charge in [-0.1, -0.05) is 201 Å². The lowest BCUT2D eigenvalue weighted by atomic mass is 9.99. The first kappa shape index (κ1) is 59.1. The maximum absolute atomic E-state index is 13.0. The van der Waals surface area contributed by atoms with Crippen molar-refractivity contribution < 1.29 is 39.8 Å². The molecule has 1 aliphatic heterocycles. The molecule has 1 heterocycles. The van der Waals surface area contributed by atoms with Crippen molar-refractivity contribution in [3.05, 3.63) is 97.2 Å². The van der Waals surface area contributed by atoms with E-state index in [0.717, 1.165) is 83.5 Å². The van der Waals surface area contributed by atoms with Crippen molar-refractivity contribution in [3.8, 4) is 0 Å². The number of aliphatic hydroxyl groups excluding tert-OH is 5. The normalized spacial score (nSPS) is 20.9. The van der Waals surface area contributed by atoms with E-state index in [0.29, 0.717) is 19.3 Å². The number of carbonyl (C=O) groups is 1. The molecule has 7 atom stereocenters. The minimum atomic E-state index is -1.57. The highest BCUT2D eigenvalue weighted by Gasteiger charge is 2.44. The monoisotopic (exact) mass is 896 g/mol. The van der Waals surface area contributed by atoms with E-state index in [-0.39, 0.29) is 12.5 Å². The molecule has 0 aromatic rings. The summed E-state index contributed by atoms with van der Waals surface area (Å²) in [6, 6.07) is -0.749. The van der Waals surface area contributed by atoms with Crippen LogP contribution >= 0.6 is 0 Å². The zero-order chi connectivity index (χ0) is 46.6. The summed E-state index contributed by atoms with van der Waals surface area (Å²) in [6.45, 7) is 3.68. The molecule has 1 fully saturated rings. The molecule has 0 aromatic carbocycles. The Morgan fingerprint density at radius 2 is 0.969 bits per heavy atom. The SMILES string of the molecule is CC/C=C\C/C=C\C/C=C\C/C=C\C/C=C\C/C=C\C/C=C\C/C=C\CCCCC(=O)NC(COC1OC(CO)C(O)C(O)C1O)C(O)CCCCCCCCCCCCCCCC. The van der Waals surface area contributed by atoms with Gasteiger partial charge in [0.05, 0.1) is 25.4 Å². The second-order valence-electron chi connectivity index (χ2n) is 17.2. The average Bonchev–Trinajstić information content (AvgIpc) is 3.29. The quantitative estimate of drug-likeness (QED) is 0.0262. The van der Waals surface area contributed by atoms with E-state index < -0.39 is 49.5 Å². The Labute approximate surface area is 390 Å². The van der Waals surface area contributed by atoms with Crippen LogP contribution < -0.4 is 5.32 Å². The number of nitrogens with one attached hydrogen (secondary N) is 1. The number of aliphatic hydroxyl groups is 5. The first-order valence-electron chi connectivity index (χ1n) is 25.4. The summed E-state index contributed by atoms with van der Waals surface area (Å²) in [5.41, 5.74) is 0. The van der Waals surface area contributed by atoms with Crippen LogP contribution in [0.3, 0.4) is 0 Å². The highest BCUT2D eigenvalue weighted by atomic mass is 16.7. The predicted molar refractivity (Wildman–Crippen MR) is 267 cm³/mol. The molecule has 1 amide bonds. The van der Waals surface area contributed by atoms with Gasteiger partial charge in [0.15, 0.2) is 6.29 Å². The van der Waals surface area contributed by atoms with Gasteiger partial charge in [-0.3, -0.25) is 4.79 Å². The molecule has 0 aromatic heterocycles. The summed E-state index contributed by atoms with van der Waals surface area (Å²) in [7, 11) is 0. The molecule has 9 nitrogen and oxygen atoms in total. The summed E-state index contributed by atoms with van der Waals surface area (Å²) in [5, 5.41) is 54.4. The highest BCUT2D eigenvalue weighted by Crippen LogP contribution is 2.23. The van der Waals surface area contributed by atoms with Crippen molar-refractivity contribution in [2.75, 3.05) is 13.2 Å². The van der Waals surface area contributed by atoms with Crippen molar-refractivity contribution in [2.24, 2.45) is 0 Å². The van der Waals surface area contributed by atoms with Crippen molar-refractivity contribution >= 4 is 5.91 Å². The van der Waals surface area contributed by atoms with Crippen molar-refractivity contribution in [3.63, 3.8) is 0 Å². The minimum absolute atomic E-state index is 0.162. The smallest absolute Gasteiger partial charge is 0.220 e. The number of unbranched alkanes of at least 4 members (excludes halogenated alkanes) is 15. The van der Waals surface area contributed by atoms with E-state index in [4.69, 9.17) is 9.47 Å². The lowest BCUT2D eigenvalue weighted by molar-refractivity contribution is -0.302. The molecule has 0 saturated carbocycles. The zero-order valence-electron chi connectivity index (χ0n) is 40.2. The Morgan fingerprint density at radius 1 is 0.547 bits per heavy atom. The van der Waals surface area contributed by atoms with Crippen LogP contribution in [-0.2, 0) is 14.3 Å². The largest absolute Gasteiger partial charge is 0.394 e. The molecule has 1 aliphatic rings. The van der Waals surface area contributed by atoms with Gasteiger partial charge in [-0.15, -0.1) is 0 Å². The second kappa shape index (κ2) is 44.0.